The number of aryl methyl sites for hydroxylation is 1. The van der Waals surface area contributed by atoms with E-state index in [4.69, 9.17) is 0 Å². The molecule has 0 atom stereocenters. The number of aldehydes is 1. The van der Waals surface area contributed by atoms with Crippen LogP contribution in [0, 0.1) is 6.92 Å². The van der Waals surface area contributed by atoms with Gasteiger partial charge in [-0.3, -0.25) is 4.79 Å². The third-order valence-corrected chi connectivity index (χ3v) is 1.90. The van der Waals surface area contributed by atoms with Gasteiger partial charge in [-0.1, -0.05) is 12.1 Å². The van der Waals surface area contributed by atoms with Gasteiger partial charge >= 0.3 is 0 Å². The fourth-order valence-corrected chi connectivity index (χ4v) is 1.17. The molecule has 0 heterocycles. The first-order valence-electron chi connectivity index (χ1n) is 4.07. The van der Waals surface area contributed by atoms with Gasteiger partial charge in [-0.15, -0.1) is 0 Å². The van der Waals surface area contributed by atoms with Gasteiger partial charge in [-0.05, 0) is 37.1 Å². The standard InChI is InChI=1S/C11H12O2/c1-8-3-4-10(11(13)7-8)9(2)5-6-12/h3-7,13H,1-2H3/b9-5-. The van der Waals surface area contributed by atoms with Gasteiger partial charge in [-0.25, -0.2) is 0 Å². The molecule has 1 rings (SSSR count). The molecule has 0 amide bonds. The highest BCUT2D eigenvalue weighted by Crippen LogP contribution is 2.25. The fourth-order valence-electron chi connectivity index (χ4n) is 1.17. The molecule has 0 aliphatic heterocycles. The molecule has 0 spiro atoms. The first-order valence-corrected chi connectivity index (χ1v) is 4.07. The molecule has 0 radical (unpaired) electrons. The van der Waals surface area contributed by atoms with Gasteiger partial charge in [0.1, 0.15) is 12.0 Å². The molecular formula is C11H12O2. The van der Waals surface area contributed by atoms with Crippen molar-refractivity contribution in [1.29, 1.82) is 0 Å². The predicted molar refractivity (Wildman–Crippen MR) is 52.6 cm³/mol. The molecule has 2 nitrogen and oxygen atoms in total. The molecule has 0 aliphatic rings. The SMILES string of the molecule is C/C(=C/C=O)c1ccc(C)cc1O. The predicted octanol–water partition coefficient (Wildman–Crippen LogP) is 2.30. The van der Waals surface area contributed by atoms with E-state index in [0.29, 0.717) is 11.8 Å². The quantitative estimate of drug-likeness (QED) is 0.554. The smallest absolute Gasteiger partial charge is 0.143 e. The third kappa shape index (κ3) is 2.18. The van der Waals surface area contributed by atoms with Crippen LogP contribution in [-0.2, 0) is 4.79 Å². The fraction of sp³-hybridized carbons (Fsp3) is 0.182. The Morgan fingerprint density at radius 3 is 2.69 bits per heavy atom. The van der Waals surface area contributed by atoms with Crippen LogP contribution in [0.25, 0.3) is 5.57 Å². The summed E-state index contributed by atoms with van der Waals surface area (Å²) in [5.74, 6) is 0.218. The third-order valence-electron chi connectivity index (χ3n) is 1.90. The van der Waals surface area contributed by atoms with Crippen molar-refractivity contribution in [1.82, 2.24) is 0 Å². The Kier molecular flexibility index (Phi) is 2.85. The molecule has 2 heteroatoms. The zero-order valence-corrected chi connectivity index (χ0v) is 7.74. The zero-order valence-electron chi connectivity index (χ0n) is 7.74. The molecule has 1 aromatic rings. The molecule has 0 bridgehead atoms. The maximum absolute atomic E-state index is 10.2. The van der Waals surface area contributed by atoms with Gasteiger partial charge in [0, 0.05) is 5.56 Å². The highest BCUT2D eigenvalue weighted by atomic mass is 16.3. The van der Waals surface area contributed by atoms with Gasteiger partial charge < -0.3 is 5.11 Å². The minimum Gasteiger partial charge on any atom is -0.507 e. The van der Waals surface area contributed by atoms with E-state index in [9.17, 15) is 9.90 Å². The summed E-state index contributed by atoms with van der Waals surface area (Å²) in [6.07, 6.45) is 2.15. The molecular weight excluding hydrogens is 164 g/mol. The van der Waals surface area contributed by atoms with E-state index < -0.39 is 0 Å². The Hall–Kier alpha value is -1.57. The summed E-state index contributed by atoms with van der Waals surface area (Å²) >= 11 is 0. The molecule has 0 aromatic heterocycles. The van der Waals surface area contributed by atoms with E-state index in [-0.39, 0.29) is 5.75 Å². The molecule has 13 heavy (non-hydrogen) atoms. The second-order valence-electron chi connectivity index (χ2n) is 3.01. The van der Waals surface area contributed by atoms with Crippen LogP contribution in [0.4, 0.5) is 0 Å². The maximum atomic E-state index is 10.2. The second-order valence-corrected chi connectivity index (χ2v) is 3.01. The second kappa shape index (κ2) is 3.90. The van der Waals surface area contributed by atoms with Crippen LogP contribution in [0.1, 0.15) is 18.1 Å². The number of carbonyl (C=O) groups excluding carboxylic acids is 1. The average Bonchev–Trinajstić information content (AvgIpc) is 2.04. The molecule has 0 fully saturated rings. The summed E-state index contributed by atoms with van der Waals surface area (Å²) in [6.45, 7) is 3.70. The number of hydrogen-bond acceptors (Lipinski definition) is 2. The molecule has 0 saturated heterocycles. The van der Waals surface area contributed by atoms with Crippen molar-refractivity contribution in [2.45, 2.75) is 13.8 Å². The number of allylic oxidation sites excluding steroid dienone is 2. The van der Waals surface area contributed by atoms with Gasteiger partial charge in [0.25, 0.3) is 0 Å². The van der Waals surface area contributed by atoms with Gasteiger partial charge in [0.2, 0.25) is 0 Å². The topological polar surface area (TPSA) is 37.3 Å². The number of phenols is 1. The summed E-state index contributed by atoms with van der Waals surface area (Å²) in [5, 5.41) is 9.53. The summed E-state index contributed by atoms with van der Waals surface area (Å²) < 4.78 is 0. The van der Waals surface area contributed by atoms with Crippen LogP contribution < -0.4 is 0 Å². The van der Waals surface area contributed by atoms with Crippen molar-refractivity contribution < 1.29 is 9.90 Å². The van der Waals surface area contributed by atoms with Crippen LogP contribution in [0.3, 0.4) is 0 Å². The van der Waals surface area contributed by atoms with Crippen molar-refractivity contribution in [3.8, 4) is 5.75 Å². The van der Waals surface area contributed by atoms with E-state index in [2.05, 4.69) is 0 Å². The van der Waals surface area contributed by atoms with Crippen LogP contribution in [0.2, 0.25) is 0 Å². The molecule has 0 unspecified atom stereocenters. The Morgan fingerprint density at radius 2 is 2.15 bits per heavy atom. The summed E-state index contributed by atoms with van der Waals surface area (Å²) in [6, 6.07) is 5.38. The van der Waals surface area contributed by atoms with Crippen molar-refractivity contribution >= 4 is 11.9 Å². The molecule has 68 valence electrons. The maximum Gasteiger partial charge on any atom is 0.143 e. The van der Waals surface area contributed by atoms with Crippen LogP contribution in [0.5, 0.6) is 5.75 Å². The van der Waals surface area contributed by atoms with Gasteiger partial charge in [0.15, 0.2) is 0 Å². The Bertz CT molecular complexity index is 351. The molecule has 1 aromatic carbocycles. The lowest BCUT2D eigenvalue weighted by atomic mass is 10.0. The number of phenolic OH excluding ortho intramolecular Hbond substituents is 1. The Labute approximate surface area is 77.5 Å². The monoisotopic (exact) mass is 176 g/mol. The normalized spacial score (nSPS) is 11.4. The number of rotatable bonds is 2. The van der Waals surface area contributed by atoms with Gasteiger partial charge in [-0.2, -0.15) is 0 Å². The first-order chi connectivity index (χ1) is 6.15. The van der Waals surface area contributed by atoms with Crippen molar-refractivity contribution in [2.75, 3.05) is 0 Å². The van der Waals surface area contributed by atoms with Crippen LogP contribution in [0.15, 0.2) is 24.3 Å². The van der Waals surface area contributed by atoms with Gasteiger partial charge in [0.05, 0.1) is 0 Å². The highest BCUT2D eigenvalue weighted by molar-refractivity contribution is 5.82. The van der Waals surface area contributed by atoms with E-state index in [1.54, 1.807) is 19.1 Å². The first kappa shape index (κ1) is 9.52. The van der Waals surface area contributed by atoms with Crippen molar-refractivity contribution in [2.24, 2.45) is 0 Å². The summed E-state index contributed by atoms with van der Waals surface area (Å²) in [7, 11) is 0. The molecule has 0 aliphatic carbocycles. The zero-order chi connectivity index (χ0) is 9.84. The lowest BCUT2D eigenvalue weighted by Gasteiger charge is -2.04. The Morgan fingerprint density at radius 1 is 1.46 bits per heavy atom. The number of aromatic hydroxyl groups is 1. The minimum atomic E-state index is 0.218. The number of hydrogen-bond donors (Lipinski definition) is 1. The Balaban J connectivity index is 3.15. The lowest BCUT2D eigenvalue weighted by molar-refractivity contribution is -0.104. The van der Waals surface area contributed by atoms with Crippen molar-refractivity contribution in [3.63, 3.8) is 0 Å². The van der Waals surface area contributed by atoms with E-state index >= 15 is 0 Å². The van der Waals surface area contributed by atoms with E-state index in [1.807, 2.05) is 13.0 Å². The van der Waals surface area contributed by atoms with Crippen LogP contribution >= 0.6 is 0 Å². The van der Waals surface area contributed by atoms with Crippen molar-refractivity contribution in [3.05, 3.63) is 35.4 Å². The van der Waals surface area contributed by atoms with Crippen LogP contribution in [-0.4, -0.2) is 11.4 Å². The average molecular weight is 176 g/mol. The lowest BCUT2D eigenvalue weighted by Crippen LogP contribution is -1.83. The summed E-state index contributed by atoms with van der Waals surface area (Å²) in [5.41, 5.74) is 2.48. The molecule has 0 saturated carbocycles. The largest absolute Gasteiger partial charge is 0.507 e. The van der Waals surface area contributed by atoms with E-state index in [1.165, 1.54) is 6.08 Å². The summed E-state index contributed by atoms with van der Waals surface area (Å²) in [4.78, 5) is 10.2. The number of benzene rings is 1. The highest BCUT2D eigenvalue weighted by Gasteiger charge is 2.01. The number of carbonyl (C=O) groups is 1. The van der Waals surface area contributed by atoms with E-state index in [0.717, 1.165) is 11.1 Å². The minimum absolute atomic E-state index is 0.218. The molecule has 1 N–H and O–H groups in total.